The van der Waals surface area contributed by atoms with Crippen LogP contribution in [0.3, 0.4) is 0 Å². The molecule has 4 nitrogen and oxygen atoms in total. The van der Waals surface area contributed by atoms with Crippen molar-refractivity contribution in [1.29, 1.82) is 0 Å². The van der Waals surface area contributed by atoms with Crippen molar-refractivity contribution in [2.45, 2.75) is 12.8 Å². The van der Waals surface area contributed by atoms with Crippen LogP contribution in [0.1, 0.15) is 18.4 Å². The Morgan fingerprint density at radius 1 is 0.520 bits per heavy atom. The number of rotatable bonds is 3. The largest absolute Gasteiger partial charge is 0.455 e. The molecule has 0 bridgehead atoms. The summed E-state index contributed by atoms with van der Waals surface area (Å²) in [6.07, 6.45) is 10.6. The molecule has 1 aliphatic rings. The first-order valence-electron chi connectivity index (χ1n) is 17.1. The maximum absolute atomic E-state index is 6.65. The molecule has 11 rings (SSSR count). The first kappa shape index (κ1) is 27.4. The molecular formula is C46H28N2O2. The lowest BCUT2D eigenvalue weighted by Gasteiger charge is -2.11. The Hall–Kier alpha value is -6.52. The van der Waals surface area contributed by atoms with E-state index < -0.39 is 0 Å². The minimum atomic E-state index is 0.817. The minimum Gasteiger partial charge on any atom is -0.455 e. The normalized spacial score (nSPS) is 13.5. The molecule has 0 atom stereocenters. The van der Waals surface area contributed by atoms with Crippen LogP contribution in [0.4, 0.5) is 0 Å². The number of furan rings is 2. The summed E-state index contributed by atoms with van der Waals surface area (Å²) in [5.41, 5.74) is 11.7. The van der Waals surface area contributed by atoms with Gasteiger partial charge in [-0.3, -0.25) is 4.98 Å². The van der Waals surface area contributed by atoms with Gasteiger partial charge in [0, 0.05) is 38.1 Å². The summed E-state index contributed by atoms with van der Waals surface area (Å²) < 4.78 is 13.3. The number of hydrogen-bond acceptors (Lipinski definition) is 4. The molecule has 7 aromatic carbocycles. The van der Waals surface area contributed by atoms with E-state index in [2.05, 4.69) is 127 Å². The van der Waals surface area contributed by atoms with Gasteiger partial charge in [0.05, 0.1) is 28.3 Å². The van der Waals surface area contributed by atoms with Gasteiger partial charge < -0.3 is 8.83 Å². The van der Waals surface area contributed by atoms with E-state index in [1.54, 1.807) is 0 Å². The van der Waals surface area contributed by atoms with Gasteiger partial charge in [-0.05, 0) is 70.6 Å². The topological polar surface area (TPSA) is 52.1 Å². The van der Waals surface area contributed by atoms with Crippen molar-refractivity contribution in [3.63, 3.8) is 0 Å². The third kappa shape index (κ3) is 3.99. The number of nitrogens with zero attached hydrogens (tertiary/aromatic N) is 2. The van der Waals surface area contributed by atoms with Crippen molar-refractivity contribution in [1.82, 2.24) is 9.97 Å². The van der Waals surface area contributed by atoms with Crippen LogP contribution in [0, 0.1) is 0 Å². The predicted molar refractivity (Wildman–Crippen MR) is 206 cm³/mol. The van der Waals surface area contributed by atoms with E-state index in [-0.39, 0.29) is 0 Å². The second-order valence-electron chi connectivity index (χ2n) is 13.2. The number of fused-ring (bicyclic) bond motifs is 13. The summed E-state index contributed by atoms with van der Waals surface area (Å²) in [5.74, 6) is 0. The Balaban J connectivity index is 1.15. The van der Waals surface area contributed by atoms with Crippen LogP contribution >= 0.6 is 0 Å². The molecule has 4 heteroatoms. The maximum Gasteiger partial charge on any atom is 0.147 e. The van der Waals surface area contributed by atoms with Crippen molar-refractivity contribution in [2.75, 3.05) is 0 Å². The van der Waals surface area contributed by atoms with Gasteiger partial charge in [-0.1, -0.05) is 109 Å². The van der Waals surface area contributed by atoms with Crippen LogP contribution in [-0.2, 0) is 0 Å². The molecule has 0 fully saturated rings. The van der Waals surface area contributed by atoms with Crippen molar-refractivity contribution in [3.05, 3.63) is 151 Å². The summed E-state index contributed by atoms with van der Waals surface area (Å²) >= 11 is 0. The highest BCUT2D eigenvalue weighted by molar-refractivity contribution is 6.26. The first-order valence-corrected chi connectivity index (χ1v) is 17.1. The Bertz CT molecular complexity index is 3070. The lowest BCUT2D eigenvalue weighted by Crippen LogP contribution is -1.92. The second-order valence-corrected chi connectivity index (χ2v) is 13.2. The zero-order valence-corrected chi connectivity index (χ0v) is 27.0. The monoisotopic (exact) mass is 640 g/mol. The first-order chi connectivity index (χ1) is 24.8. The molecule has 0 saturated heterocycles. The molecule has 0 amide bonds. The average Bonchev–Trinajstić information content (AvgIpc) is 3.76. The van der Waals surface area contributed by atoms with E-state index in [1.165, 1.54) is 21.9 Å². The fourth-order valence-corrected chi connectivity index (χ4v) is 7.98. The Kier molecular flexibility index (Phi) is 5.75. The van der Waals surface area contributed by atoms with E-state index >= 15 is 0 Å². The van der Waals surface area contributed by atoms with Crippen molar-refractivity contribution in [3.8, 4) is 22.4 Å². The Labute approximate surface area is 286 Å². The van der Waals surface area contributed by atoms with Gasteiger partial charge in [-0.25, -0.2) is 4.98 Å². The summed E-state index contributed by atoms with van der Waals surface area (Å²) in [6, 6.07) is 42.6. The van der Waals surface area contributed by atoms with Crippen LogP contribution < -0.4 is 0 Å². The Morgan fingerprint density at radius 3 is 2.06 bits per heavy atom. The SMILES string of the molecule is C1=CCCC(c2ccc3oc4c(cc(-c5cccc(-c6cnc7c8ccccc8c8ccccc8c7n6)c5)c5oc6ccccc6c54)c3c2)=C1. The standard InChI is InChI=1S/C46H28N2O2/c1-2-11-27(12-3-1)28-21-22-41-37(24-28)38-25-36(45-42(46(38)50-41)35-19-8-9-20-40(35)49-45)29-13-10-14-30(23-29)39-26-47-43-33-17-6-4-15-31(33)32-16-5-7-18-34(32)44(43)48-39/h1-2,4-11,13-26H,3,12H2. The van der Waals surface area contributed by atoms with E-state index in [0.717, 1.165) is 101 Å². The molecule has 1 aliphatic carbocycles. The summed E-state index contributed by atoms with van der Waals surface area (Å²) in [5, 5.41) is 8.83. The van der Waals surface area contributed by atoms with Gasteiger partial charge in [-0.2, -0.15) is 0 Å². The van der Waals surface area contributed by atoms with E-state index in [9.17, 15) is 0 Å². The van der Waals surface area contributed by atoms with Crippen molar-refractivity contribution < 1.29 is 8.83 Å². The molecule has 50 heavy (non-hydrogen) atoms. The molecule has 234 valence electrons. The van der Waals surface area contributed by atoms with Gasteiger partial charge in [0.25, 0.3) is 0 Å². The molecule has 0 aliphatic heterocycles. The van der Waals surface area contributed by atoms with Gasteiger partial charge >= 0.3 is 0 Å². The molecular weight excluding hydrogens is 613 g/mol. The molecule has 0 saturated carbocycles. The van der Waals surface area contributed by atoms with E-state index in [1.807, 2.05) is 18.3 Å². The van der Waals surface area contributed by atoms with Crippen LogP contribution in [0.2, 0.25) is 0 Å². The molecule has 3 aromatic heterocycles. The number of para-hydroxylation sites is 1. The zero-order valence-electron chi connectivity index (χ0n) is 27.0. The highest BCUT2D eigenvalue weighted by Gasteiger charge is 2.22. The van der Waals surface area contributed by atoms with Crippen molar-refractivity contribution >= 4 is 82.0 Å². The summed E-state index contributed by atoms with van der Waals surface area (Å²) in [6.45, 7) is 0. The minimum absolute atomic E-state index is 0.817. The highest BCUT2D eigenvalue weighted by Crippen LogP contribution is 2.45. The van der Waals surface area contributed by atoms with Crippen LogP contribution in [-0.4, -0.2) is 9.97 Å². The third-order valence-electron chi connectivity index (χ3n) is 10.4. The molecule has 0 unspecified atom stereocenters. The predicted octanol–water partition coefficient (Wildman–Crippen LogP) is 12.8. The van der Waals surface area contributed by atoms with Crippen molar-refractivity contribution in [2.24, 2.45) is 0 Å². The summed E-state index contributed by atoms with van der Waals surface area (Å²) in [7, 11) is 0. The maximum atomic E-state index is 6.65. The van der Waals surface area contributed by atoms with Gasteiger partial charge in [0.2, 0.25) is 0 Å². The van der Waals surface area contributed by atoms with Gasteiger partial charge in [-0.15, -0.1) is 0 Å². The number of allylic oxidation sites excluding steroid dienone is 4. The fraction of sp³-hybridized carbons (Fsp3) is 0.0435. The Morgan fingerprint density at radius 2 is 1.24 bits per heavy atom. The zero-order chi connectivity index (χ0) is 32.8. The lowest BCUT2D eigenvalue weighted by molar-refractivity contribution is 0.663. The number of aromatic nitrogens is 2. The number of hydrogen-bond donors (Lipinski definition) is 0. The van der Waals surface area contributed by atoms with Gasteiger partial charge in [0.1, 0.15) is 22.3 Å². The molecule has 0 N–H and O–H groups in total. The summed E-state index contributed by atoms with van der Waals surface area (Å²) in [4.78, 5) is 10.3. The smallest absolute Gasteiger partial charge is 0.147 e. The quantitative estimate of drug-likeness (QED) is 0.180. The van der Waals surface area contributed by atoms with Crippen LogP contribution in [0.25, 0.3) is 104 Å². The molecule has 0 spiro atoms. The fourth-order valence-electron chi connectivity index (χ4n) is 7.98. The molecule has 10 aromatic rings. The lowest BCUT2D eigenvalue weighted by atomic mass is 9.94. The average molecular weight is 641 g/mol. The van der Waals surface area contributed by atoms with Crippen LogP contribution in [0.15, 0.2) is 155 Å². The van der Waals surface area contributed by atoms with E-state index in [0.29, 0.717) is 0 Å². The number of benzene rings is 7. The third-order valence-corrected chi connectivity index (χ3v) is 10.4. The van der Waals surface area contributed by atoms with E-state index in [4.69, 9.17) is 18.8 Å². The van der Waals surface area contributed by atoms with Gasteiger partial charge in [0.15, 0.2) is 0 Å². The molecule has 3 heterocycles. The highest BCUT2D eigenvalue weighted by atomic mass is 16.3. The van der Waals surface area contributed by atoms with Crippen LogP contribution in [0.5, 0.6) is 0 Å². The second kappa shape index (κ2) is 10.5. The molecule has 0 radical (unpaired) electrons.